The first-order valence-electron chi connectivity index (χ1n) is 8.30. The molecule has 0 spiro atoms. The lowest BCUT2D eigenvalue weighted by atomic mass is 9.99. The van der Waals surface area contributed by atoms with Crippen LogP contribution in [-0.4, -0.2) is 55.0 Å². The number of hydrogen-bond donors (Lipinski definition) is 0. The molecule has 1 amide bonds. The lowest BCUT2D eigenvalue weighted by molar-refractivity contribution is 0.0574. The molecule has 2 atom stereocenters. The lowest BCUT2D eigenvalue weighted by Gasteiger charge is -2.37. The van der Waals surface area contributed by atoms with E-state index in [2.05, 4.69) is 30.8 Å². The number of benzene rings is 1. The maximum Gasteiger partial charge on any atom is 0.254 e. The average Bonchev–Trinajstić information content (AvgIpc) is 2.85. The fourth-order valence-corrected chi connectivity index (χ4v) is 3.60. The van der Waals surface area contributed by atoms with E-state index in [1.165, 1.54) is 12.0 Å². The zero-order valence-electron chi connectivity index (χ0n) is 13.8. The van der Waals surface area contributed by atoms with Crippen LogP contribution < -0.4 is 4.74 Å². The van der Waals surface area contributed by atoms with Crippen LogP contribution in [0.5, 0.6) is 5.75 Å². The quantitative estimate of drug-likeness (QED) is 0.860. The zero-order chi connectivity index (χ0) is 15.7. The van der Waals surface area contributed by atoms with Crippen LogP contribution in [0.2, 0.25) is 0 Å². The molecule has 3 rings (SSSR count). The molecule has 120 valence electrons. The van der Waals surface area contributed by atoms with Gasteiger partial charge < -0.3 is 14.5 Å². The molecular weight excluding hydrogens is 276 g/mol. The van der Waals surface area contributed by atoms with Gasteiger partial charge in [0, 0.05) is 31.1 Å². The van der Waals surface area contributed by atoms with Crippen LogP contribution in [-0.2, 0) is 6.42 Å². The first kappa shape index (κ1) is 15.3. The number of rotatable bonds is 3. The van der Waals surface area contributed by atoms with Crippen LogP contribution in [0.3, 0.4) is 0 Å². The van der Waals surface area contributed by atoms with Gasteiger partial charge in [-0.2, -0.15) is 0 Å². The SMILES string of the molecule is C[C@@H]1Cc2cc(C(=O)N3CCCC[C@@H]3CN(C)C)ccc2O1. The summed E-state index contributed by atoms with van der Waals surface area (Å²) in [4.78, 5) is 17.2. The Morgan fingerprint density at radius 1 is 1.36 bits per heavy atom. The number of piperidine rings is 1. The molecule has 0 aliphatic carbocycles. The van der Waals surface area contributed by atoms with E-state index in [0.29, 0.717) is 6.04 Å². The van der Waals surface area contributed by atoms with Crippen LogP contribution in [0.1, 0.15) is 42.1 Å². The molecule has 1 aromatic rings. The molecule has 1 saturated heterocycles. The molecule has 2 aliphatic rings. The van der Waals surface area contributed by atoms with Crippen LogP contribution in [0.15, 0.2) is 18.2 Å². The van der Waals surface area contributed by atoms with Crippen molar-refractivity contribution in [3.63, 3.8) is 0 Å². The third kappa shape index (κ3) is 3.12. The van der Waals surface area contributed by atoms with Crippen molar-refractivity contribution in [3.05, 3.63) is 29.3 Å². The maximum absolute atomic E-state index is 12.9. The number of amides is 1. The number of carbonyl (C=O) groups excluding carboxylic acids is 1. The normalized spacial score (nSPS) is 24.3. The van der Waals surface area contributed by atoms with Gasteiger partial charge in [0.15, 0.2) is 0 Å². The van der Waals surface area contributed by atoms with Gasteiger partial charge in [0.05, 0.1) is 0 Å². The van der Waals surface area contributed by atoms with Gasteiger partial charge >= 0.3 is 0 Å². The Labute approximate surface area is 133 Å². The molecule has 1 fully saturated rings. The van der Waals surface area contributed by atoms with Gasteiger partial charge in [-0.1, -0.05) is 0 Å². The van der Waals surface area contributed by atoms with Crippen LogP contribution >= 0.6 is 0 Å². The lowest BCUT2D eigenvalue weighted by Crippen LogP contribution is -2.48. The Balaban J connectivity index is 1.79. The number of nitrogens with zero attached hydrogens (tertiary/aromatic N) is 2. The Morgan fingerprint density at radius 3 is 2.95 bits per heavy atom. The van der Waals surface area contributed by atoms with Crippen molar-refractivity contribution in [3.8, 4) is 5.75 Å². The minimum atomic E-state index is 0.175. The maximum atomic E-state index is 12.9. The molecule has 0 unspecified atom stereocenters. The molecule has 1 aromatic carbocycles. The van der Waals surface area contributed by atoms with E-state index in [0.717, 1.165) is 43.7 Å². The first-order chi connectivity index (χ1) is 10.5. The van der Waals surface area contributed by atoms with Gasteiger partial charge in [-0.05, 0) is 64.0 Å². The second-order valence-corrected chi connectivity index (χ2v) is 6.87. The molecule has 0 radical (unpaired) electrons. The van der Waals surface area contributed by atoms with Crippen molar-refractivity contribution in [2.24, 2.45) is 0 Å². The Bertz CT molecular complexity index is 556. The molecule has 2 heterocycles. The van der Waals surface area contributed by atoms with E-state index >= 15 is 0 Å². The standard InChI is InChI=1S/C18H26N2O2/c1-13-10-15-11-14(7-8-17(15)22-13)18(21)20-9-5-4-6-16(20)12-19(2)3/h7-8,11,13,16H,4-6,9-10,12H2,1-3H3/t13-,16-/m1/s1. The van der Waals surface area contributed by atoms with E-state index in [-0.39, 0.29) is 12.0 Å². The monoisotopic (exact) mass is 302 g/mol. The summed E-state index contributed by atoms with van der Waals surface area (Å²) in [6.45, 7) is 3.89. The van der Waals surface area contributed by atoms with Crippen molar-refractivity contribution in [1.29, 1.82) is 0 Å². The van der Waals surface area contributed by atoms with E-state index in [1.54, 1.807) is 0 Å². The highest BCUT2D eigenvalue weighted by molar-refractivity contribution is 5.95. The van der Waals surface area contributed by atoms with E-state index < -0.39 is 0 Å². The molecule has 0 bridgehead atoms. The zero-order valence-corrected chi connectivity index (χ0v) is 13.8. The highest BCUT2D eigenvalue weighted by atomic mass is 16.5. The minimum Gasteiger partial charge on any atom is -0.490 e. The molecule has 4 heteroatoms. The number of hydrogen-bond acceptors (Lipinski definition) is 3. The minimum absolute atomic E-state index is 0.175. The summed E-state index contributed by atoms with van der Waals surface area (Å²) in [5.74, 6) is 1.11. The third-order valence-electron chi connectivity index (χ3n) is 4.61. The summed E-state index contributed by atoms with van der Waals surface area (Å²) in [6, 6.07) is 6.24. The van der Waals surface area contributed by atoms with Crippen molar-refractivity contribution in [2.45, 2.75) is 44.8 Å². The smallest absolute Gasteiger partial charge is 0.254 e. The second kappa shape index (κ2) is 6.29. The van der Waals surface area contributed by atoms with Crippen molar-refractivity contribution in [1.82, 2.24) is 9.80 Å². The van der Waals surface area contributed by atoms with Crippen LogP contribution in [0.4, 0.5) is 0 Å². The predicted molar refractivity (Wildman–Crippen MR) is 87.5 cm³/mol. The molecule has 4 nitrogen and oxygen atoms in total. The van der Waals surface area contributed by atoms with Gasteiger partial charge in [-0.25, -0.2) is 0 Å². The Morgan fingerprint density at radius 2 is 2.18 bits per heavy atom. The average molecular weight is 302 g/mol. The van der Waals surface area contributed by atoms with Gasteiger partial charge in [0.25, 0.3) is 5.91 Å². The summed E-state index contributed by atoms with van der Waals surface area (Å²) in [5, 5.41) is 0. The van der Waals surface area contributed by atoms with Crippen molar-refractivity contribution < 1.29 is 9.53 Å². The van der Waals surface area contributed by atoms with E-state index in [1.807, 2.05) is 18.2 Å². The molecule has 0 saturated carbocycles. The molecular formula is C18H26N2O2. The summed E-state index contributed by atoms with van der Waals surface area (Å²) in [5.41, 5.74) is 1.97. The van der Waals surface area contributed by atoms with Gasteiger partial charge in [-0.15, -0.1) is 0 Å². The Hall–Kier alpha value is -1.55. The van der Waals surface area contributed by atoms with E-state index in [4.69, 9.17) is 4.74 Å². The molecule has 2 aliphatic heterocycles. The topological polar surface area (TPSA) is 32.8 Å². The molecule has 0 aromatic heterocycles. The fourth-order valence-electron chi connectivity index (χ4n) is 3.60. The fraction of sp³-hybridized carbons (Fsp3) is 0.611. The van der Waals surface area contributed by atoms with E-state index in [9.17, 15) is 4.79 Å². The second-order valence-electron chi connectivity index (χ2n) is 6.87. The summed E-state index contributed by atoms with van der Waals surface area (Å²) in [7, 11) is 4.15. The van der Waals surface area contributed by atoms with Gasteiger partial charge in [-0.3, -0.25) is 4.79 Å². The van der Waals surface area contributed by atoms with Gasteiger partial charge in [0.2, 0.25) is 0 Å². The van der Waals surface area contributed by atoms with Crippen molar-refractivity contribution >= 4 is 5.91 Å². The highest BCUT2D eigenvalue weighted by Crippen LogP contribution is 2.30. The number of fused-ring (bicyclic) bond motifs is 1. The third-order valence-corrected chi connectivity index (χ3v) is 4.61. The van der Waals surface area contributed by atoms with Crippen LogP contribution in [0.25, 0.3) is 0 Å². The molecule has 22 heavy (non-hydrogen) atoms. The first-order valence-corrected chi connectivity index (χ1v) is 8.30. The summed E-state index contributed by atoms with van der Waals surface area (Å²) >= 11 is 0. The summed E-state index contributed by atoms with van der Waals surface area (Å²) < 4.78 is 5.73. The summed E-state index contributed by atoms with van der Waals surface area (Å²) in [6.07, 6.45) is 4.56. The van der Waals surface area contributed by atoms with Crippen LogP contribution in [0, 0.1) is 0 Å². The number of likely N-dealkylation sites (N-methyl/N-ethyl adjacent to an activating group) is 1. The van der Waals surface area contributed by atoms with Gasteiger partial charge in [0.1, 0.15) is 11.9 Å². The number of carbonyl (C=O) groups is 1. The molecule has 0 N–H and O–H groups in total. The number of likely N-dealkylation sites (tertiary alicyclic amines) is 1. The van der Waals surface area contributed by atoms with Crippen molar-refractivity contribution in [2.75, 3.05) is 27.2 Å². The largest absolute Gasteiger partial charge is 0.490 e. The highest BCUT2D eigenvalue weighted by Gasteiger charge is 2.29. The predicted octanol–water partition coefficient (Wildman–Crippen LogP) is 2.57. The number of ether oxygens (including phenoxy) is 1. The Kier molecular flexibility index (Phi) is 4.39.